The third kappa shape index (κ3) is 3.24. The average Bonchev–Trinajstić information content (AvgIpc) is 2.45. The number of halogens is 3. The van der Waals surface area contributed by atoms with Crippen molar-refractivity contribution >= 4 is 45.7 Å². The highest BCUT2D eigenvalue weighted by atomic mass is 35.5. The van der Waals surface area contributed by atoms with Crippen LogP contribution in [-0.2, 0) is 5.88 Å². The van der Waals surface area contributed by atoms with Gasteiger partial charge in [0.25, 0.3) is 0 Å². The summed E-state index contributed by atoms with van der Waals surface area (Å²) < 4.78 is 5.75. The molecule has 3 rings (SSSR count). The Hall–Kier alpha value is -1.48. The first-order valence-corrected chi connectivity index (χ1v) is 7.53. The number of hydrogen-bond acceptors (Lipinski definition) is 2. The van der Waals surface area contributed by atoms with Crippen molar-refractivity contribution in [1.82, 2.24) is 4.98 Å². The molecule has 5 heteroatoms. The van der Waals surface area contributed by atoms with Gasteiger partial charge in [-0.1, -0.05) is 41.4 Å². The summed E-state index contributed by atoms with van der Waals surface area (Å²) in [5.41, 5.74) is 1.80. The predicted molar refractivity (Wildman–Crippen MR) is 87.8 cm³/mol. The fraction of sp³-hybridized carbons (Fsp3) is 0.0625. The molecule has 0 aliphatic rings. The molecule has 0 bridgehead atoms. The molecule has 0 N–H and O–H groups in total. The van der Waals surface area contributed by atoms with E-state index in [1.54, 1.807) is 18.2 Å². The summed E-state index contributed by atoms with van der Waals surface area (Å²) in [6.45, 7) is 0. The van der Waals surface area contributed by atoms with E-state index in [-0.39, 0.29) is 0 Å². The van der Waals surface area contributed by atoms with Gasteiger partial charge in [-0.15, -0.1) is 11.6 Å². The summed E-state index contributed by atoms with van der Waals surface area (Å²) in [6, 6.07) is 14.6. The molecular formula is C16H10Cl3NO. The highest BCUT2D eigenvalue weighted by Gasteiger charge is 2.07. The molecule has 0 saturated heterocycles. The zero-order valence-corrected chi connectivity index (χ0v) is 13.1. The Morgan fingerprint density at radius 1 is 0.952 bits per heavy atom. The molecule has 1 heterocycles. The zero-order valence-electron chi connectivity index (χ0n) is 10.8. The summed E-state index contributed by atoms with van der Waals surface area (Å²) >= 11 is 17.9. The molecule has 106 valence electrons. The monoisotopic (exact) mass is 337 g/mol. The molecule has 21 heavy (non-hydrogen) atoms. The molecule has 0 unspecified atom stereocenters. The van der Waals surface area contributed by atoms with E-state index in [9.17, 15) is 0 Å². The van der Waals surface area contributed by atoms with E-state index in [2.05, 4.69) is 4.98 Å². The Bertz CT molecular complexity index is 784. The van der Waals surface area contributed by atoms with E-state index >= 15 is 0 Å². The maximum Gasteiger partial charge on any atom is 0.220 e. The van der Waals surface area contributed by atoms with Gasteiger partial charge < -0.3 is 4.74 Å². The molecule has 0 radical (unpaired) electrons. The molecule has 2 nitrogen and oxygen atoms in total. The van der Waals surface area contributed by atoms with Crippen molar-refractivity contribution < 1.29 is 4.74 Å². The number of ether oxygens (including phenoxy) is 1. The van der Waals surface area contributed by atoms with Crippen LogP contribution in [0.1, 0.15) is 5.56 Å². The van der Waals surface area contributed by atoms with Gasteiger partial charge in [-0.05, 0) is 29.8 Å². The number of benzene rings is 2. The second kappa shape index (κ2) is 6.10. The van der Waals surface area contributed by atoms with E-state index in [1.165, 1.54) is 0 Å². The number of pyridine rings is 1. The number of nitrogens with zero attached hydrogens (tertiary/aromatic N) is 1. The standard InChI is InChI=1S/C16H10Cl3NO/c17-9-10-5-16(20-15-4-2-1-3-14(10)15)21-13-7-11(18)6-12(19)8-13/h1-8H,9H2. The number of fused-ring (bicyclic) bond motifs is 1. The van der Waals surface area contributed by atoms with E-state index in [4.69, 9.17) is 39.5 Å². The molecular weight excluding hydrogens is 329 g/mol. The third-order valence-electron chi connectivity index (χ3n) is 2.98. The van der Waals surface area contributed by atoms with Gasteiger partial charge in [-0.2, -0.15) is 0 Å². The largest absolute Gasteiger partial charge is 0.439 e. The minimum absolute atomic E-state index is 0.385. The van der Waals surface area contributed by atoms with Crippen LogP contribution in [0.5, 0.6) is 11.6 Å². The second-order valence-corrected chi connectivity index (χ2v) is 5.62. The van der Waals surface area contributed by atoms with Crippen LogP contribution in [0, 0.1) is 0 Å². The van der Waals surface area contributed by atoms with Crippen molar-refractivity contribution in [3.8, 4) is 11.6 Å². The number of rotatable bonds is 3. The SMILES string of the molecule is ClCc1cc(Oc2cc(Cl)cc(Cl)c2)nc2ccccc12. The minimum Gasteiger partial charge on any atom is -0.439 e. The van der Waals surface area contributed by atoms with Crippen LogP contribution in [0.2, 0.25) is 10.0 Å². The van der Waals surface area contributed by atoms with Crippen LogP contribution in [0.25, 0.3) is 10.9 Å². The van der Waals surface area contributed by atoms with Gasteiger partial charge in [0, 0.05) is 27.4 Å². The Kier molecular flexibility index (Phi) is 4.20. The Morgan fingerprint density at radius 2 is 1.67 bits per heavy atom. The average molecular weight is 339 g/mol. The van der Waals surface area contributed by atoms with E-state index < -0.39 is 0 Å². The first-order chi connectivity index (χ1) is 10.2. The maximum atomic E-state index is 6.01. The van der Waals surface area contributed by atoms with Crippen molar-refractivity contribution in [2.24, 2.45) is 0 Å². The molecule has 0 aliphatic heterocycles. The molecule has 2 aromatic carbocycles. The van der Waals surface area contributed by atoms with Crippen molar-refractivity contribution in [2.45, 2.75) is 5.88 Å². The zero-order chi connectivity index (χ0) is 14.8. The summed E-state index contributed by atoms with van der Waals surface area (Å²) in [7, 11) is 0. The van der Waals surface area contributed by atoms with Crippen LogP contribution in [0.3, 0.4) is 0 Å². The molecule has 0 spiro atoms. The fourth-order valence-corrected chi connectivity index (χ4v) is 2.82. The molecule has 3 aromatic rings. The van der Waals surface area contributed by atoms with E-state index in [1.807, 2.05) is 30.3 Å². The van der Waals surface area contributed by atoms with E-state index in [0.717, 1.165) is 16.5 Å². The first-order valence-electron chi connectivity index (χ1n) is 6.24. The van der Waals surface area contributed by atoms with Gasteiger partial charge in [0.1, 0.15) is 5.75 Å². The second-order valence-electron chi connectivity index (χ2n) is 4.48. The fourth-order valence-electron chi connectivity index (χ4n) is 2.09. The molecule has 1 aromatic heterocycles. The topological polar surface area (TPSA) is 22.1 Å². The van der Waals surface area contributed by atoms with Gasteiger partial charge in [-0.25, -0.2) is 4.98 Å². The highest BCUT2D eigenvalue weighted by Crippen LogP contribution is 2.30. The number of aromatic nitrogens is 1. The van der Waals surface area contributed by atoms with Crippen LogP contribution in [0.15, 0.2) is 48.5 Å². The van der Waals surface area contributed by atoms with Crippen molar-refractivity contribution in [3.05, 3.63) is 64.1 Å². The lowest BCUT2D eigenvalue weighted by Gasteiger charge is -2.09. The third-order valence-corrected chi connectivity index (χ3v) is 3.71. The highest BCUT2D eigenvalue weighted by molar-refractivity contribution is 6.34. The quantitative estimate of drug-likeness (QED) is 0.540. The van der Waals surface area contributed by atoms with Crippen molar-refractivity contribution in [1.29, 1.82) is 0 Å². The number of hydrogen-bond donors (Lipinski definition) is 0. The van der Waals surface area contributed by atoms with Crippen LogP contribution >= 0.6 is 34.8 Å². The molecule has 0 aliphatic carbocycles. The van der Waals surface area contributed by atoms with Gasteiger partial charge in [0.2, 0.25) is 5.88 Å². The van der Waals surface area contributed by atoms with Crippen molar-refractivity contribution in [3.63, 3.8) is 0 Å². The first kappa shape index (κ1) is 14.5. The molecule has 0 atom stereocenters. The predicted octanol–water partition coefficient (Wildman–Crippen LogP) is 6.07. The summed E-state index contributed by atoms with van der Waals surface area (Å²) in [6.07, 6.45) is 0. The molecule has 0 saturated carbocycles. The molecule has 0 amide bonds. The minimum atomic E-state index is 0.385. The summed E-state index contributed by atoms with van der Waals surface area (Å²) in [4.78, 5) is 4.47. The Morgan fingerprint density at radius 3 is 2.38 bits per heavy atom. The van der Waals surface area contributed by atoms with E-state index in [0.29, 0.717) is 27.6 Å². The van der Waals surface area contributed by atoms with Gasteiger partial charge >= 0.3 is 0 Å². The van der Waals surface area contributed by atoms with Gasteiger partial charge in [0.05, 0.1) is 5.52 Å². The Balaban J connectivity index is 2.04. The van der Waals surface area contributed by atoms with Crippen LogP contribution in [-0.4, -0.2) is 4.98 Å². The molecule has 0 fully saturated rings. The summed E-state index contributed by atoms with van der Waals surface area (Å²) in [5, 5.41) is 2.04. The summed E-state index contributed by atoms with van der Waals surface area (Å²) in [5.74, 6) is 1.38. The van der Waals surface area contributed by atoms with Crippen LogP contribution < -0.4 is 4.74 Å². The maximum absolute atomic E-state index is 6.01. The Labute approximate surface area is 137 Å². The lowest BCUT2D eigenvalue weighted by atomic mass is 10.1. The normalized spacial score (nSPS) is 10.8. The van der Waals surface area contributed by atoms with Crippen molar-refractivity contribution in [2.75, 3.05) is 0 Å². The van der Waals surface area contributed by atoms with Gasteiger partial charge in [-0.3, -0.25) is 0 Å². The lowest BCUT2D eigenvalue weighted by molar-refractivity contribution is 0.465. The smallest absolute Gasteiger partial charge is 0.220 e. The lowest BCUT2D eigenvalue weighted by Crippen LogP contribution is -1.92. The number of para-hydroxylation sites is 1. The number of alkyl halides is 1. The van der Waals surface area contributed by atoms with Gasteiger partial charge in [0.15, 0.2) is 0 Å². The van der Waals surface area contributed by atoms with Crippen LogP contribution in [0.4, 0.5) is 0 Å².